The molecule has 1 N–H and O–H groups in total. The van der Waals surface area contributed by atoms with Gasteiger partial charge in [0.1, 0.15) is 27.5 Å². The topological polar surface area (TPSA) is 91.3 Å². The summed E-state index contributed by atoms with van der Waals surface area (Å²) in [6.45, 7) is 6.18. The van der Waals surface area contributed by atoms with E-state index in [0.29, 0.717) is 45.0 Å². The van der Waals surface area contributed by atoms with Crippen molar-refractivity contribution in [1.29, 1.82) is 5.26 Å². The average Bonchev–Trinajstić information content (AvgIpc) is 3.47. The maximum atomic E-state index is 13.5. The highest BCUT2D eigenvalue weighted by Gasteiger charge is 2.36. The molecular weight excluding hydrogens is 480 g/mol. The van der Waals surface area contributed by atoms with Crippen molar-refractivity contribution >= 4 is 46.1 Å². The molecule has 0 bridgehead atoms. The van der Waals surface area contributed by atoms with E-state index in [4.69, 9.17) is 16.6 Å². The molecule has 3 heterocycles. The predicted molar refractivity (Wildman–Crippen MR) is 142 cm³/mol. The molecule has 9 heteroatoms. The van der Waals surface area contributed by atoms with Crippen molar-refractivity contribution in [3.05, 3.63) is 92.0 Å². The second-order valence-electron chi connectivity index (χ2n) is 7.99. The molecule has 1 amide bonds. The third kappa shape index (κ3) is 4.67. The first-order chi connectivity index (χ1) is 16.9. The number of pyridine rings is 1. The Balaban J connectivity index is 1.79. The minimum Gasteiger partial charge on any atom is -0.467 e. The Bertz CT molecular complexity index is 1400. The number of nitrogens with zero attached hydrogens (tertiary/aromatic N) is 3. The van der Waals surface area contributed by atoms with Crippen LogP contribution in [0.5, 0.6) is 0 Å². The molecule has 7 nitrogen and oxygen atoms in total. The van der Waals surface area contributed by atoms with Gasteiger partial charge in [-0.3, -0.25) is 19.1 Å². The number of hydrogen-bond donors (Lipinski definition) is 1. The molecular formula is C26H24N4O3S2. The van der Waals surface area contributed by atoms with E-state index in [0.717, 1.165) is 5.56 Å². The van der Waals surface area contributed by atoms with Crippen LogP contribution in [0, 0.1) is 18.3 Å². The highest BCUT2D eigenvalue weighted by molar-refractivity contribution is 8.26. The van der Waals surface area contributed by atoms with Crippen LogP contribution in [0.1, 0.15) is 47.9 Å². The molecule has 1 aliphatic heterocycles. The number of furan rings is 1. The predicted octanol–water partition coefficient (Wildman–Crippen LogP) is 5.22. The largest absolute Gasteiger partial charge is 0.467 e. The van der Waals surface area contributed by atoms with Crippen LogP contribution in [0.2, 0.25) is 0 Å². The SMILES string of the molecule is CCn1c(NCc2ccco2)c(/C=C2\SC(=S)N(C(C)c3ccccc3)C2=O)c(C)c(C#N)c1=O. The Labute approximate surface area is 213 Å². The van der Waals surface area contributed by atoms with E-state index >= 15 is 0 Å². The van der Waals surface area contributed by atoms with Gasteiger partial charge in [0.2, 0.25) is 0 Å². The van der Waals surface area contributed by atoms with Gasteiger partial charge in [-0.1, -0.05) is 54.3 Å². The van der Waals surface area contributed by atoms with Gasteiger partial charge >= 0.3 is 0 Å². The first-order valence-corrected chi connectivity index (χ1v) is 12.4. The van der Waals surface area contributed by atoms with Crippen LogP contribution in [0.4, 0.5) is 5.82 Å². The summed E-state index contributed by atoms with van der Waals surface area (Å²) in [6.07, 6.45) is 3.30. The number of nitrogens with one attached hydrogen (secondary N) is 1. The number of rotatable bonds is 7. The maximum absolute atomic E-state index is 13.5. The summed E-state index contributed by atoms with van der Waals surface area (Å²) >= 11 is 6.78. The van der Waals surface area contributed by atoms with E-state index in [-0.39, 0.29) is 23.1 Å². The Hall–Kier alpha value is -3.61. The van der Waals surface area contributed by atoms with Gasteiger partial charge in [0, 0.05) is 12.1 Å². The van der Waals surface area contributed by atoms with E-state index in [1.807, 2.05) is 56.3 Å². The zero-order valence-corrected chi connectivity index (χ0v) is 21.2. The molecule has 1 unspecified atom stereocenters. The molecule has 178 valence electrons. The summed E-state index contributed by atoms with van der Waals surface area (Å²) in [5.74, 6) is 1.00. The third-order valence-corrected chi connectivity index (χ3v) is 7.30. The van der Waals surface area contributed by atoms with E-state index in [2.05, 4.69) is 5.32 Å². The fourth-order valence-electron chi connectivity index (χ4n) is 4.06. The lowest BCUT2D eigenvalue weighted by Gasteiger charge is -2.23. The number of nitriles is 1. The number of benzene rings is 1. The van der Waals surface area contributed by atoms with E-state index in [1.54, 1.807) is 30.2 Å². The number of amides is 1. The number of aromatic nitrogens is 1. The van der Waals surface area contributed by atoms with Gasteiger partial charge in [-0.25, -0.2) is 0 Å². The molecule has 0 spiro atoms. The van der Waals surface area contributed by atoms with Crippen molar-refractivity contribution in [2.45, 2.75) is 39.9 Å². The summed E-state index contributed by atoms with van der Waals surface area (Å²) < 4.78 is 7.39. The number of hydrogen-bond acceptors (Lipinski definition) is 7. The van der Waals surface area contributed by atoms with Crippen molar-refractivity contribution in [2.75, 3.05) is 5.32 Å². The van der Waals surface area contributed by atoms with Crippen LogP contribution in [-0.2, 0) is 17.9 Å². The first-order valence-electron chi connectivity index (χ1n) is 11.1. The molecule has 1 aliphatic rings. The zero-order chi connectivity index (χ0) is 25.1. The van der Waals surface area contributed by atoms with Crippen molar-refractivity contribution in [3.8, 4) is 6.07 Å². The summed E-state index contributed by atoms with van der Waals surface area (Å²) in [5, 5.41) is 13.0. The lowest BCUT2D eigenvalue weighted by Crippen LogP contribution is -2.31. The molecule has 4 rings (SSSR count). The van der Waals surface area contributed by atoms with Crippen LogP contribution < -0.4 is 10.9 Å². The minimum absolute atomic E-state index is 0.0507. The van der Waals surface area contributed by atoms with Gasteiger partial charge in [0.05, 0.1) is 23.8 Å². The van der Waals surface area contributed by atoms with Gasteiger partial charge in [0.15, 0.2) is 0 Å². The Morgan fingerprint density at radius 2 is 1.97 bits per heavy atom. The molecule has 3 aromatic rings. The minimum atomic E-state index is -0.378. The lowest BCUT2D eigenvalue weighted by atomic mass is 10.0. The molecule has 0 aliphatic carbocycles. The smallest absolute Gasteiger partial charge is 0.270 e. The number of carbonyl (C=O) groups excluding carboxylic acids is 1. The number of anilines is 1. The molecule has 0 saturated carbocycles. The molecule has 1 atom stereocenters. The normalized spacial score (nSPS) is 15.5. The summed E-state index contributed by atoms with van der Waals surface area (Å²) in [4.78, 5) is 28.5. The number of carbonyl (C=O) groups is 1. The number of thiocarbonyl (C=S) groups is 1. The summed E-state index contributed by atoms with van der Waals surface area (Å²) in [5.41, 5.74) is 1.76. The molecule has 1 fully saturated rings. The molecule has 0 radical (unpaired) electrons. The van der Waals surface area contributed by atoms with Gasteiger partial charge in [-0.15, -0.1) is 0 Å². The summed E-state index contributed by atoms with van der Waals surface area (Å²) in [6, 6.07) is 15.1. The van der Waals surface area contributed by atoms with Crippen molar-refractivity contribution < 1.29 is 9.21 Å². The van der Waals surface area contributed by atoms with Crippen molar-refractivity contribution in [2.24, 2.45) is 0 Å². The molecule has 2 aromatic heterocycles. The van der Waals surface area contributed by atoms with Crippen LogP contribution in [0.25, 0.3) is 6.08 Å². The second-order valence-corrected chi connectivity index (χ2v) is 9.67. The standard InChI is InChI=1S/C26H24N4O3S2/c1-4-29-23(28-15-19-11-8-12-33-19)20(16(2)21(14-27)24(29)31)13-22-25(32)30(26(34)35-22)17(3)18-9-6-5-7-10-18/h5-13,17,28H,4,15H2,1-3H3/b22-13-. The maximum Gasteiger partial charge on any atom is 0.270 e. The fourth-order valence-corrected chi connectivity index (χ4v) is 5.46. The highest BCUT2D eigenvalue weighted by Crippen LogP contribution is 2.39. The van der Waals surface area contributed by atoms with E-state index in [1.165, 1.54) is 16.3 Å². The van der Waals surface area contributed by atoms with Crippen LogP contribution >= 0.6 is 24.0 Å². The van der Waals surface area contributed by atoms with Gasteiger partial charge in [-0.05, 0) is 50.1 Å². The molecule has 1 saturated heterocycles. The molecule has 1 aromatic carbocycles. The Morgan fingerprint density at radius 1 is 1.23 bits per heavy atom. The van der Waals surface area contributed by atoms with E-state index in [9.17, 15) is 14.9 Å². The third-order valence-electron chi connectivity index (χ3n) is 5.97. The van der Waals surface area contributed by atoms with Crippen LogP contribution in [-0.4, -0.2) is 19.7 Å². The monoisotopic (exact) mass is 504 g/mol. The quantitative estimate of drug-likeness (QED) is 0.349. The lowest BCUT2D eigenvalue weighted by molar-refractivity contribution is -0.123. The van der Waals surface area contributed by atoms with Crippen LogP contribution in [0.3, 0.4) is 0 Å². The van der Waals surface area contributed by atoms with Crippen LogP contribution in [0.15, 0.2) is 62.8 Å². The summed E-state index contributed by atoms with van der Waals surface area (Å²) in [7, 11) is 0. The van der Waals surface area contributed by atoms with Gasteiger partial charge in [-0.2, -0.15) is 5.26 Å². The first kappa shape index (κ1) is 24.5. The number of thioether (sulfide) groups is 1. The van der Waals surface area contributed by atoms with Gasteiger partial charge < -0.3 is 9.73 Å². The average molecular weight is 505 g/mol. The Morgan fingerprint density at radius 3 is 2.60 bits per heavy atom. The highest BCUT2D eigenvalue weighted by atomic mass is 32.2. The Kier molecular flexibility index (Phi) is 7.24. The van der Waals surface area contributed by atoms with Crippen molar-refractivity contribution in [1.82, 2.24) is 9.47 Å². The molecule has 35 heavy (non-hydrogen) atoms. The zero-order valence-electron chi connectivity index (χ0n) is 19.6. The fraction of sp³-hybridized carbons (Fsp3) is 0.231. The van der Waals surface area contributed by atoms with Crippen molar-refractivity contribution in [3.63, 3.8) is 0 Å². The second kappa shape index (κ2) is 10.3. The van der Waals surface area contributed by atoms with Gasteiger partial charge in [0.25, 0.3) is 11.5 Å². The van der Waals surface area contributed by atoms with E-state index < -0.39 is 0 Å².